The molecule has 7 heteroatoms. The number of sulfonamides is 1. The molecule has 1 fully saturated rings. The van der Waals surface area contributed by atoms with Gasteiger partial charge < -0.3 is 0 Å². The van der Waals surface area contributed by atoms with E-state index < -0.39 is 27.9 Å². The van der Waals surface area contributed by atoms with Gasteiger partial charge in [0.25, 0.3) is 0 Å². The van der Waals surface area contributed by atoms with Crippen LogP contribution in [0.5, 0.6) is 0 Å². The van der Waals surface area contributed by atoms with Gasteiger partial charge in [-0.3, -0.25) is 14.9 Å². The van der Waals surface area contributed by atoms with Crippen molar-refractivity contribution in [2.75, 3.05) is 12.8 Å². The van der Waals surface area contributed by atoms with Crippen LogP contribution in [0.25, 0.3) is 0 Å². The second-order valence-electron chi connectivity index (χ2n) is 3.14. The van der Waals surface area contributed by atoms with Gasteiger partial charge >= 0.3 is 0 Å². The Labute approximate surface area is 82.3 Å². The molecule has 6 nitrogen and oxygen atoms in total. The van der Waals surface area contributed by atoms with Crippen LogP contribution in [-0.2, 0) is 19.6 Å². The molecular formula is C7H12N2O4S. The van der Waals surface area contributed by atoms with Gasteiger partial charge in [-0.2, -0.15) is 4.31 Å². The van der Waals surface area contributed by atoms with Gasteiger partial charge in [0.15, 0.2) is 0 Å². The smallest absolute Gasteiger partial charge is 0.245 e. The van der Waals surface area contributed by atoms with Crippen molar-refractivity contribution in [1.29, 1.82) is 0 Å². The maximum Gasteiger partial charge on any atom is 0.245 e. The molecule has 0 bridgehead atoms. The molecule has 1 heterocycles. The zero-order valence-corrected chi connectivity index (χ0v) is 8.80. The number of imide groups is 1. The first kappa shape index (κ1) is 11.1. The number of hydrogen-bond acceptors (Lipinski definition) is 4. The highest BCUT2D eigenvalue weighted by molar-refractivity contribution is 7.88. The van der Waals surface area contributed by atoms with Crippen LogP contribution in [0.3, 0.4) is 0 Å². The van der Waals surface area contributed by atoms with E-state index in [1.54, 1.807) is 6.92 Å². The molecule has 2 amide bonds. The summed E-state index contributed by atoms with van der Waals surface area (Å²) in [6.07, 6.45) is 1.34. The third kappa shape index (κ3) is 2.10. The summed E-state index contributed by atoms with van der Waals surface area (Å²) in [6, 6.07) is -0.761. The average molecular weight is 220 g/mol. The van der Waals surface area contributed by atoms with Crippen molar-refractivity contribution >= 4 is 21.8 Å². The normalized spacial score (nSPS) is 24.9. The molecule has 1 rings (SSSR count). The molecule has 14 heavy (non-hydrogen) atoms. The fraction of sp³-hybridized carbons (Fsp3) is 0.714. The van der Waals surface area contributed by atoms with Crippen molar-refractivity contribution < 1.29 is 18.0 Å². The summed E-state index contributed by atoms with van der Waals surface area (Å²) in [7, 11) is -3.50. The van der Waals surface area contributed by atoms with Gasteiger partial charge in [0.05, 0.1) is 12.8 Å². The average Bonchev–Trinajstić information content (AvgIpc) is 2.01. The van der Waals surface area contributed by atoms with Crippen LogP contribution in [-0.4, -0.2) is 43.4 Å². The summed E-state index contributed by atoms with van der Waals surface area (Å²) in [5.41, 5.74) is 0. The molecule has 0 radical (unpaired) electrons. The minimum atomic E-state index is -3.50. The first-order valence-electron chi connectivity index (χ1n) is 4.16. The first-order valence-corrected chi connectivity index (χ1v) is 6.01. The van der Waals surface area contributed by atoms with E-state index in [9.17, 15) is 18.0 Å². The monoisotopic (exact) mass is 220 g/mol. The summed E-state index contributed by atoms with van der Waals surface area (Å²) >= 11 is 0. The molecule has 1 aliphatic heterocycles. The molecular weight excluding hydrogens is 208 g/mol. The van der Waals surface area contributed by atoms with E-state index in [-0.39, 0.29) is 6.54 Å². The van der Waals surface area contributed by atoms with Crippen LogP contribution in [0.1, 0.15) is 13.3 Å². The lowest BCUT2D eigenvalue weighted by Gasteiger charge is -2.31. The lowest BCUT2D eigenvalue weighted by atomic mass is 10.2. The molecule has 0 spiro atoms. The van der Waals surface area contributed by atoms with Gasteiger partial charge in [-0.25, -0.2) is 8.42 Å². The summed E-state index contributed by atoms with van der Waals surface area (Å²) in [5, 5.41) is 2.10. The zero-order valence-electron chi connectivity index (χ0n) is 7.98. The quantitative estimate of drug-likeness (QED) is 0.585. The van der Waals surface area contributed by atoms with E-state index in [4.69, 9.17) is 0 Å². The number of carbonyl (C=O) groups excluding carboxylic acids is 2. The topological polar surface area (TPSA) is 83.6 Å². The van der Waals surface area contributed by atoms with Crippen molar-refractivity contribution in [3.8, 4) is 0 Å². The van der Waals surface area contributed by atoms with Crippen LogP contribution in [0, 0.1) is 0 Å². The molecule has 0 aromatic rings. The van der Waals surface area contributed by atoms with Crippen LogP contribution in [0.15, 0.2) is 0 Å². The van der Waals surface area contributed by atoms with Gasteiger partial charge in [0.1, 0.15) is 6.04 Å². The number of piperazine rings is 1. The third-order valence-corrected chi connectivity index (χ3v) is 3.26. The van der Waals surface area contributed by atoms with E-state index in [0.29, 0.717) is 6.42 Å². The van der Waals surface area contributed by atoms with Gasteiger partial charge in [-0.1, -0.05) is 6.92 Å². The summed E-state index contributed by atoms with van der Waals surface area (Å²) in [6.45, 7) is 1.42. The lowest BCUT2D eigenvalue weighted by molar-refractivity contribution is -0.137. The molecule has 0 aromatic heterocycles. The number of carbonyl (C=O) groups is 2. The predicted molar refractivity (Wildman–Crippen MR) is 48.8 cm³/mol. The molecule has 80 valence electrons. The minimum absolute atomic E-state index is 0.275. The minimum Gasteiger partial charge on any atom is -0.294 e. The highest BCUT2D eigenvalue weighted by Gasteiger charge is 2.37. The summed E-state index contributed by atoms with van der Waals surface area (Å²) in [5.74, 6) is -1.13. The van der Waals surface area contributed by atoms with Crippen molar-refractivity contribution in [2.45, 2.75) is 19.4 Å². The van der Waals surface area contributed by atoms with Crippen LogP contribution >= 0.6 is 0 Å². The highest BCUT2D eigenvalue weighted by Crippen LogP contribution is 2.12. The van der Waals surface area contributed by atoms with Crippen molar-refractivity contribution in [3.63, 3.8) is 0 Å². The molecule has 1 saturated heterocycles. The van der Waals surface area contributed by atoms with E-state index in [1.807, 2.05) is 0 Å². The van der Waals surface area contributed by atoms with Crippen molar-refractivity contribution in [2.24, 2.45) is 0 Å². The fourth-order valence-corrected chi connectivity index (χ4v) is 2.44. The number of nitrogens with zero attached hydrogens (tertiary/aromatic N) is 1. The Morgan fingerprint density at radius 3 is 2.50 bits per heavy atom. The zero-order chi connectivity index (χ0) is 10.9. The second-order valence-corrected chi connectivity index (χ2v) is 5.08. The largest absolute Gasteiger partial charge is 0.294 e. The molecule has 1 aliphatic rings. The van der Waals surface area contributed by atoms with E-state index in [2.05, 4.69) is 5.32 Å². The predicted octanol–water partition coefficient (Wildman–Crippen LogP) is -1.32. The van der Waals surface area contributed by atoms with Crippen LogP contribution in [0.2, 0.25) is 0 Å². The maximum atomic E-state index is 11.3. The maximum absolute atomic E-state index is 11.3. The van der Waals surface area contributed by atoms with E-state index in [1.165, 1.54) is 0 Å². The first-order chi connectivity index (χ1) is 6.36. The Kier molecular flexibility index (Phi) is 2.91. The fourth-order valence-electron chi connectivity index (χ4n) is 1.38. The second kappa shape index (κ2) is 3.66. The van der Waals surface area contributed by atoms with Crippen LogP contribution in [0.4, 0.5) is 0 Å². The number of rotatable bonds is 2. The van der Waals surface area contributed by atoms with Gasteiger partial charge in [0.2, 0.25) is 21.8 Å². The molecule has 1 unspecified atom stereocenters. The Bertz CT molecular complexity index is 362. The number of nitrogens with one attached hydrogen (secondary N) is 1. The Hall–Kier alpha value is -0.950. The van der Waals surface area contributed by atoms with E-state index >= 15 is 0 Å². The molecule has 1 atom stereocenters. The molecule has 1 N–H and O–H groups in total. The SMILES string of the molecule is CCC1C(=O)NC(=O)CN1S(C)(=O)=O. The van der Waals surface area contributed by atoms with Gasteiger partial charge in [-0.15, -0.1) is 0 Å². The van der Waals surface area contributed by atoms with Gasteiger partial charge in [-0.05, 0) is 6.42 Å². The van der Waals surface area contributed by atoms with Crippen molar-refractivity contribution in [1.82, 2.24) is 9.62 Å². The Balaban J connectivity index is 3.01. The number of hydrogen-bond donors (Lipinski definition) is 1. The summed E-state index contributed by atoms with van der Waals surface area (Å²) < 4.78 is 23.4. The van der Waals surface area contributed by atoms with Gasteiger partial charge in [0, 0.05) is 0 Å². The molecule has 0 aliphatic carbocycles. The lowest BCUT2D eigenvalue weighted by Crippen LogP contribution is -2.59. The standard InChI is InChI=1S/C7H12N2O4S/c1-3-5-7(11)8-6(10)4-9(5)14(2,12)13/h5H,3-4H2,1-2H3,(H,8,10,11). The number of amides is 2. The molecule has 0 saturated carbocycles. The molecule has 0 aromatic carbocycles. The van der Waals surface area contributed by atoms with Crippen molar-refractivity contribution in [3.05, 3.63) is 0 Å². The Morgan fingerprint density at radius 2 is 2.07 bits per heavy atom. The Morgan fingerprint density at radius 1 is 1.50 bits per heavy atom. The third-order valence-electron chi connectivity index (χ3n) is 2.03. The highest BCUT2D eigenvalue weighted by atomic mass is 32.2. The van der Waals surface area contributed by atoms with E-state index in [0.717, 1.165) is 10.6 Å². The summed E-state index contributed by atoms with van der Waals surface area (Å²) in [4.78, 5) is 22.2. The van der Waals surface area contributed by atoms with Crippen LogP contribution < -0.4 is 5.32 Å².